The van der Waals surface area contributed by atoms with E-state index in [1.807, 2.05) is 6.26 Å². The number of methoxy groups -OCH3 is 1. The van der Waals surface area contributed by atoms with E-state index in [0.29, 0.717) is 17.2 Å². The molecule has 0 aliphatic rings. The predicted molar refractivity (Wildman–Crippen MR) is 115 cm³/mol. The van der Waals surface area contributed by atoms with Gasteiger partial charge in [-0.05, 0) is 48.7 Å². The lowest BCUT2D eigenvalue weighted by Crippen LogP contribution is -2.28. The highest BCUT2D eigenvalue weighted by atomic mass is 32.2. The van der Waals surface area contributed by atoms with Crippen LogP contribution in [0.3, 0.4) is 0 Å². The van der Waals surface area contributed by atoms with E-state index in [-0.39, 0.29) is 29.9 Å². The summed E-state index contributed by atoms with van der Waals surface area (Å²) in [6.45, 7) is 3.83. The van der Waals surface area contributed by atoms with Gasteiger partial charge in [-0.15, -0.1) is 11.8 Å². The Balaban J connectivity index is 2.01. The molecule has 7 nitrogen and oxygen atoms in total. The van der Waals surface area contributed by atoms with Crippen molar-refractivity contribution >= 4 is 33.4 Å². The number of carbonyl (C=O) groups excluding carboxylic acids is 1. The van der Waals surface area contributed by atoms with Gasteiger partial charge in [0.15, 0.2) is 0 Å². The molecule has 2 aromatic rings. The summed E-state index contributed by atoms with van der Waals surface area (Å²) in [7, 11) is -2.16. The van der Waals surface area contributed by atoms with Crippen LogP contribution in [-0.4, -0.2) is 40.8 Å². The van der Waals surface area contributed by atoms with E-state index in [1.165, 1.54) is 23.9 Å². The fourth-order valence-corrected chi connectivity index (χ4v) is 3.90. The minimum atomic E-state index is -3.74. The van der Waals surface area contributed by atoms with Gasteiger partial charge in [0, 0.05) is 17.4 Å². The molecule has 0 fully saturated rings. The molecule has 2 aromatic carbocycles. The van der Waals surface area contributed by atoms with Gasteiger partial charge in [0.1, 0.15) is 18.1 Å². The highest BCUT2D eigenvalue weighted by Gasteiger charge is 2.17. The van der Waals surface area contributed by atoms with E-state index in [2.05, 4.69) is 10.0 Å². The van der Waals surface area contributed by atoms with Crippen LogP contribution in [0.5, 0.6) is 11.5 Å². The zero-order valence-corrected chi connectivity index (χ0v) is 18.5. The van der Waals surface area contributed by atoms with Crippen molar-refractivity contribution in [2.45, 2.75) is 23.6 Å². The van der Waals surface area contributed by atoms with Crippen LogP contribution in [0.2, 0.25) is 0 Å². The molecule has 0 saturated heterocycles. The molecule has 1 amide bonds. The van der Waals surface area contributed by atoms with Gasteiger partial charge in [0.2, 0.25) is 15.9 Å². The molecule has 0 radical (unpaired) electrons. The van der Waals surface area contributed by atoms with E-state index >= 15 is 0 Å². The summed E-state index contributed by atoms with van der Waals surface area (Å²) in [5, 5.41) is 2.78. The summed E-state index contributed by atoms with van der Waals surface area (Å²) in [4.78, 5) is 12.9. The van der Waals surface area contributed by atoms with Gasteiger partial charge in [-0.1, -0.05) is 13.8 Å². The van der Waals surface area contributed by atoms with Crippen LogP contribution >= 0.6 is 11.8 Å². The third-order valence-electron chi connectivity index (χ3n) is 3.99. The summed E-state index contributed by atoms with van der Waals surface area (Å²) in [6, 6.07) is 11.7. The topological polar surface area (TPSA) is 93.7 Å². The second-order valence-corrected chi connectivity index (χ2v) is 9.04. The Morgan fingerprint density at radius 2 is 1.76 bits per heavy atom. The Kier molecular flexibility index (Phi) is 8.36. The molecular formula is C20H26N2O5S2. The molecule has 2 rings (SSSR count). The van der Waals surface area contributed by atoms with Crippen molar-refractivity contribution in [3.63, 3.8) is 0 Å². The Labute approximate surface area is 176 Å². The Morgan fingerprint density at radius 1 is 1.10 bits per heavy atom. The standard InChI is InChI=1S/C20H26N2O5S2/c1-14(2)20(23)22-18-13-17(9-10-19(18)28-4)29(24,25)21-11-12-27-16-7-5-15(26-3)6-8-16/h5-10,13-14,21H,11-12H2,1-4H3,(H,22,23). The quantitative estimate of drug-likeness (QED) is 0.436. The maximum absolute atomic E-state index is 12.6. The molecule has 0 heterocycles. The van der Waals surface area contributed by atoms with Gasteiger partial charge in [-0.3, -0.25) is 4.79 Å². The maximum atomic E-state index is 12.6. The molecule has 0 aliphatic carbocycles. The molecule has 0 spiro atoms. The monoisotopic (exact) mass is 438 g/mol. The number of thioether (sulfide) groups is 1. The van der Waals surface area contributed by atoms with Crippen molar-refractivity contribution in [1.82, 2.24) is 4.72 Å². The molecule has 0 aromatic heterocycles. The minimum absolute atomic E-state index is 0.0822. The van der Waals surface area contributed by atoms with Gasteiger partial charge >= 0.3 is 0 Å². The molecule has 0 unspecified atom stereocenters. The lowest BCUT2D eigenvalue weighted by atomic mass is 10.2. The smallest absolute Gasteiger partial charge is 0.240 e. The second-order valence-electron chi connectivity index (χ2n) is 6.43. The van der Waals surface area contributed by atoms with E-state index in [1.54, 1.807) is 51.3 Å². The van der Waals surface area contributed by atoms with Crippen molar-refractivity contribution < 1.29 is 22.7 Å². The van der Waals surface area contributed by atoms with E-state index < -0.39 is 10.0 Å². The summed E-state index contributed by atoms with van der Waals surface area (Å²) < 4.78 is 38.3. The van der Waals surface area contributed by atoms with Crippen molar-refractivity contribution in [3.8, 4) is 11.5 Å². The van der Waals surface area contributed by atoms with Crippen molar-refractivity contribution in [2.24, 2.45) is 5.92 Å². The minimum Gasteiger partial charge on any atom is -0.497 e. The lowest BCUT2D eigenvalue weighted by Gasteiger charge is -2.14. The lowest BCUT2D eigenvalue weighted by molar-refractivity contribution is -0.118. The Morgan fingerprint density at radius 3 is 2.34 bits per heavy atom. The fraction of sp³-hybridized carbons (Fsp3) is 0.350. The van der Waals surface area contributed by atoms with E-state index in [4.69, 9.17) is 9.47 Å². The maximum Gasteiger partial charge on any atom is 0.240 e. The Hall–Kier alpha value is -2.23. The first-order valence-corrected chi connectivity index (χ1v) is 11.7. The van der Waals surface area contributed by atoms with E-state index in [9.17, 15) is 13.2 Å². The van der Waals surface area contributed by atoms with Crippen LogP contribution in [0.4, 0.5) is 5.69 Å². The van der Waals surface area contributed by atoms with Crippen LogP contribution in [-0.2, 0) is 14.8 Å². The van der Waals surface area contributed by atoms with Gasteiger partial charge in [-0.25, -0.2) is 13.1 Å². The number of amides is 1. The third kappa shape index (κ3) is 6.66. The molecule has 2 N–H and O–H groups in total. The fourth-order valence-electron chi connectivity index (χ4n) is 2.33. The average molecular weight is 439 g/mol. The number of benzene rings is 2. The first-order valence-electron chi connectivity index (χ1n) is 9.02. The molecule has 29 heavy (non-hydrogen) atoms. The first-order chi connectivity index (χ1) is 13.8. The molecule has 0 atom stereocenters. The second kappa shape index (κ2) is 10.5. The zero-order chi connectivity index (χ0) is 21.4. The van der Waals surface area contributed by atoms with Crippen molar-refractivity contribution in [1.29, 1.82) is 0 Å². The number of nitrogens with one attached hydrogen (secondary N) is 2. The molecule has 158 valence electrons. The average Bonchev–Trinajstić information content (AvgIpc) is 2.71. The van der Waals surface area contributed by atoms with Crippen LogP contribution in [0.15, 0.2) is 52.3 Å². The highest BCUT2D eigenvalue weighted by molar-refractivity contribution is 7.98. The number of hydrogen-bond donors (Lipinski definition) is 2. The molecule has 9 heteroatoms. The van der Waals surface area contributed by atoms with Crippen LogP contribution in [0.1, 0.15) is 13.8 Å². The summed E-state index contributed by atoms with van der Waals surface area (Å²) in [5.41, 5.74) is 0.480. The largest absolute Gasteiger partial charge is 0.497 e. The molecule has 0 saturated carbocycles. The first kappa shape index (κ1) is 23.1. The number of carbonyl (C=O) groups is 1. The highest BCUT2D eigenvalue weighted by Crippen LogP contribution is 2.28. The SMILES string of the molecule is COc1ccc(OCCNS(=O)(=O)c2ccc(SC)c(NC(=O)C(C)C)c2)cc1. The molecular weight excluding hydrogens is 412 g/mol. The Bertz CT molecular complexity index is 928. The van der Waals surface area contributed by atoms with Gasteiger partial charge in [-0.2, -0.15) is 0 Å². The molecule has 0 aliphatic heterocycles. The number of rotatable bonds is 10. The summed E-state index contributed by atoms with van der Waals surface area (Å²) in [5.74, 6) is 0.953. The molecule has 0 bridgehead atoms. The number of ether oxygens (including phenoxy) is 2. The van der Waals surface area contributed by atoms with E-state index in [0.717, 1.165) is 4.90 Å². The zero-order valence-electron chi connectivity index (χ0n) is 16.9. The van der Waals surface area contributed by atoms with Gasteiger partial charge in [0.05, 0.1) is 17.7 Å². The third-order valence-corrected chi connectivity index (χ3v) is 6.24. The predicted octanol–water partition coefficient (Wildman–Crippen LogP) is 3.37. The summed E-state index contributed by atoms with van der Waals surface area (Å²) >= 11 is 1.43. The number of anilines is 1. The summed E-state index contributed by atoms with van der Waals surface area (Å²) in [6.07, 6.45) is 1.86. The van der Waals surface area contributed by atoms with Crippen molar-refractivity contribution in [2.75, 3.05) is 31.8 Å². The van der Waals surface area contributed by atoms with Crippen LogP contribution in [0, 0.1) is 5.92 Å². The van der Waals surface area contributed by atoms with Gasteiger partial charge in [0.25, 0.3) is 0 Å². The van der Waals surface area contributed by atoms with Crippen molar-refractivity contribution in [3.05, 3.63) is 42.5 Å². The number of sulfonamides is 1. The number of hydrogen-bond acceptors (Lipinski definition) is 6. The van der Waals surface area contributed by atoms with Gasteiger partial charge < -0.3 is 14.8 Å². The normalized spacial score (nSPS) is 11.3. The van der Waals surface area contributed by atoms with Crippen LogP contribution in [0.25, 0.3) is 0 Å². The van der Waals surface area contributed by atoms with Crippen LogP contribution < -0.4 is 19.5 Å².